The summed E-state index contributed by atoms with van der Waals surface area (Å²) in [7, 11) is 0. The van der Waals surface area contributed by atoms with E-state index in [1.165, 1.54) is 0 Å². The summed E-state index contributed by atoms with van der Waals surface area (Å²) in [6, 6.07) is 11.9. The molecule has 2 aromatic rings. The van der Waals surface area contributed by atoms with Gasteiger partial charge in [-0.05, 0) is 30.2 Å². The minimum Gasteiger partial charge on any atom is -0.494 e. The SMILES string of the molecule is CCOc1ccc2ccccc2c1CCC(=O)O. The highest BCUT2D eigenvalue weighted by Gasteiger charge is 2.10. The van der Waals surface area contributed by atoms with Gasteiger partial charge in [0.05, 0.1) is 6.61 Å². The summed E-state index contributed by atoms with van der Waals surface area (Å²) in [6.45, 7) is 2.51. The lowest BCUT2D eigenvalue weighted by Gasteiger charge is -2.12. The van der Waals surface area contributed by atoms with Crippen molar-refractivity contribution in [3.8, 4) is 5.75 Å². The van der Waals surface area contributed by atoms with Gasteiger partial charge in [0, 0.05) is 12.0 Å². The number of carboxylic acids is 1. The Morgan fingerprint density at radius 3 is 2.72 bits per heavy atom. The van der Waals surface area contributed by atoms with E-state index in [1.807, 2.05) is 43.3 Å². The van der Waals surface area contributed by atoms with Crippen LogP contribution < -0.4 is 4.74 Å². The number of hydrogen-bond donors (Lipinski definition) is 1. The Bertz CT molecular complexity index is 561. The number of carboxylic acid groups (broad SMARTS) is 1. The van der Waals surface area contributed by atoms with E-state index in [-0.39, 0.29) is 6.42 Å². The quantitative estimate of drug-likeness (QED) is 0.878. The van der Waals surface area contributed by atoms with Crippen molar-refractivity contribution in [3.05, 3.63) is 42.0 Å². The molecule has 0 aromatic heterocycles. The highest BCUT2D eigenvalue weighted by atomic mass is 16.5. The van der Waals surface area contributed by atoms with Gasteiger partial charge < -0.3 is 9.84 Å². The number of carbonyl (C=O) groups is 1. The van der Waals surface area contributed by atoms with Crippen LogP contribution in [-0.2, 0) is 11.2 Å². The number of aryl methyl sites for hydroxylation is 1. The number of hydrogen-bond acceptors (Lipinski definition) is 2. The molecule has 3 nitrogen and oxygen atoms in total. The van der Waals surface area contributed by atoms with Gasteiger partial charge in [0.1, 0.15) is 5.75 Å². The molecule has 0 radical (unpaired) electrons. The van der Waals surface area contributed by atoms with Crippen molar-refractivity contribution in [1.82, 2.24) is 0 Å². The van der Waals surface area contributed by atoms with E-state index < -0.39 is 5.97 Å². The molecule has 0 aliphatic carbocycles. The lowest BCUT2D eigenvalue weighted by Crippen LogP contribution is -2.02. The second-order valence-corrected chi connectivity index (χ2v) is 4.09. The van der Waals surface area contributed by atoms with Crippen LogP contribution in [0.3, 0.4) is 0 Å². The molecule has 1 N–H and O–H groups in total. The molecular formula is C15H16O3. The predicted molar refractivity (Wildman–Crippen MR) is 71.1 cm³/mol. The summed E-state index contributed by atoms with van der Waals surface area (Å²) in [6.07, 6.45) is 0.611. The van der Waals surface area contributed by atoms with Crippen LogP contribution in [0.4, 0.5) is 0 Å². The fourth-order valence-corrected chi connectivity index (χ4v) is 2.10. The van der Waals surface area contributed by atoms with Gasteiger partial charge in [-0.15, -0.1) is 0 Å². The lowest BCUT2D eigenvalue weighted by atomic mass is 10.00. The monoisotopic (exact) mass is 244 g/mol. The molecule has 0 atom stereocenters. The maximum atomic E-state index is 10.7. The zero-order chi connectivity index (χ0) is 13.0. The number of benzene rings is 2. The van der Waals surface area contributed by atoms with Gasteiger partial charge in [-0.3, -0.25) is 4.79 Å². The largest absolute Gasteiger partial charge is 0.494 e. The van der Waals surface area contributed by atoms with Crippen molar-refractivity contribution >= 4 is 16.7 Å². The molecular weight excluding hydrogens is 228 g/mol. The van der Waals surface area contributed by atoms with Gasteiger partial charge >= 0.3 is 5.97 Å². The van der Waals surface area contributed by atoms with Crippen LogP contribution in [-0.4, -0.2) is 17.7 Å². The van der Waals surface area contributed by atoms with E-state index in [4.69, 9.17) is 9.84 Å². The third-order valence-electron chi connectivity index (χ3n) is 2.89. The molecule has 2 rings (SSSR count). The zero-order valence-electron chi connectivity index (χ0n) is 10.3. The van der Waals surface area contributed by atoms with Crippen molar-refractivity contribution in [2.45, 2.75) is 19.8 Å². The lowest BCUT2D eigenvalue weighted by molar-refractivity contribution is -0.136. The molecule has 2 aromatic carbocycles. The molecule has 0 unspecified atom stereocenters. The van der Waals surface area contributed by atoms with Gasteiger partial charge in [0.15, 0.2) is 0 Å². The first-order valence-corrected chi connectivity index (χ1v) is 6.07. The summed E-state index contributed by atoms with van der Waals surface area (Å²) in [5.41, 5.74) is 0.984. The maximum Gasteiger partial charge on any atom is 0.303 e. The third kappa shape index (κ3) is 2.62. The standard InChI is InChI=1S/C15H16O3/c1-2-18-14-9-7-11-5-3-4-6-12(11)13(14)8-10-15(16)17/h3-7,9H,2,8,10H2,1H3,(H,16,17). The van der Waals surface area contributed by atoms with Crippen LogP contribution in [0.1, 0.15) is 18.9 Å². The Morgan fingerprint density at radius 2 is 2.00 bits per heavy atom. The summed E-state index contributed by atoms with van der Waals surface area (Å²) >= 11 is 0. The van der Waals surface area contributed by atoms with E-state index in [0.29, 0.717) is 13.0 Å². The molecule has 0 heterocycles. The Kier molecular flexibility index (Phi) is 3.82. The Hall–Kier alpha value is -2.03. The summed E-state index contributed by atoms with van der Waals surface area (Å²) in [5.74, 6) is 0.00262. The molecule has 0 saturated heterocycles. The normalized spacial score (nSPS) is 10.5. The molecule has 0 amide bonds. The molecule has 0 spiro atoms. The highest BCUT2D eigenvalue weighted by molar-refractivity contribution is 5.88. The van der Waals surface area contributed by atoms with Crippen LogP contribution in [0.5, 0.6) is 5.75 Å². The van der Waals surface area contributed by atoms with Crippen LogP contribution >= 0.6 is 0 Å². The average molecular weight is 244 g/mol. The van der Waals surface area contributed by atoms with Crippen LogP contribution in [0.25, 0.3) is 10.8 Å². The van der Waals surface area contributed by atoms with Gasteiger partial charge in [-0.2, -0.15) is 0 Å². The van der Waals surface area contributed by atoms with E-state index in [9.17, 15) is 4.79 Å². The third-order valence-corrected chi connectivity index (χ3v) is 2.89. The molecule has 0 fully saturated rings. The topological polar surface area (TPSA) is 46.5 Å². The van der Waals surface area contributed by atoms with Gasteiger partial charge in [-0.1, -0.05) is 30.3 Å². The van der Waals surface area contributed by atoms with Crippen LogP contribution in [0, 0.1) is 0 Å². The fourth-order valence-electron chi connectivity index (χ4n) is 2.10. The minimum atomic E-state index is -0.787. The Balaban J connectivity index is 2.47. The van der Waals surface area contributed by atoms with Gasteiger partial charge in [0.25, 0.3) is 0 Å². The summed E-state index contributed by atoms with van der Waals surface area (Å²) in [5, 5.41) is 11.0. The van der Waals surface area contributed by atoms with Crippen LogP contribution in [0.2, 0.25) is 0 Å². The molecule has 0 saturated carbocycles. The van der Waals surface area contributed by atoms with Gasteiger partial charge in [0.2, 0.25) is 0 Å². The summed E-state index contributed by atoms with van der Waals surface area (Å²) in [4.78, 5) is 10.7. The van der Waals surface area contributed by atoms with Crippen molar-refractivity contribution in [1.29, 1.82) is 0 Å². The van der Waals surface area contributed by atoms with E-state index in [2.05, 4.69) is 0 Å². The first kappa shape index (κ1) is 12.4. The molecule has 0 bridgehead atoms. The van der Waals surface area contributed by atoms with Crippen molar-refractivity contribution in [2.75, 3.05) is 6.61 Å². The smallest absolute Gasteiger partial charge is 0.303 e. The Labute approximate surface area is 106 Å². The predicted octanol–water partition coefficient (Wildman–Crippen LogP) is 3.26. The molecule has 18 heavy (non-hydrogen) atoms. The molecule has 3 heteroatoms. The first-order chi connectivity index (χ1) is 8.72. The Morgan fingerprint density at radius 1 is 1.22 bits per heavy atom. The second kappa shape index (κ2) is 5.54. The number of rotatable bonds is 5. The van der Waals surface area contributed by atoms with E-state index >= 15 is 0 Å². The molecule has 94 valence electrons. The van der Waals surface area contributed by atoms with Crippen molar-refractivity contribution in [3.63, 3.8) is 0 Å². The summed E-state index contributed by atoms with van der Waals surface area (Å²) < 4.78 is 5.58. The molecule has 0 aliphatic heterocycles. The molecule has 0 aliphatic rings. The van der Waals surface area contributed by atoms with Crippen molar-refractivity contribution in [2.24, 2.45) is 0 Å². The number of fused-ring (bicyclic) bond motifs is 1. The minimum absolute atomic E-state index is 0.119. The van der Waals surface area contributed by atoms with E-state index in [1.54, 1.807) is 0 Å². The fraction of sp³-hybridized carbons (Fsp3) is 0.267. The number of ether oxygens (including phenoxy) is 1. The van der Waals surface area contributed by atoms with Crippen molar-refractivity contribution < 1.29 is 14.6 Å². The van der Waals surface area contributed by atoms with Gasteiger partial charge in [-0.25, -0.2) is 0 Å². The van der Waals surface area contributed by atoms with E-state index in [0.717, 1.165) is 22.1 Å². The number of aliphatic carboxylic acids is 1. The maximum absolute atomic E-state index is 10.7. The highest BCUT2D eigenvalue weighted by Crippen LogP contribution is 2.29. The first-order valence-electron chi connectivity index (χ1n) is 6.07. The average Bonchev–Trinajstić information content (AvgIpc) is 2.37. The zero-order valence-corrected chi connectivity index (χ0v) is 10.3. The van der Waals surface area contributed by atoms with Crippen LogP contribution in [0.15, 0.2) is 36.4 Å². The second-order valence-electron chi connectivity index (χ2n) is 4.09.